The molecule has 1 aromatic rings. The summed E-state index contributed by atoms with van der Waals surface area (Å²) in [6, 6.07) is 5.25. The molecule has 0 N–H and O–H groups in total. The summed E-state index contributed by atoms with van der Waals surface area (Å²) in [4.78, 5) is -0.0744. The van der Waals surface area contributed by atoms with Crippen LogP contribution in [-0.4, -0.2) is 25.8 Å². The highest BCUT2D eigenvalue weighted by Gasteiger charge is 2.37. The lowest BCUT2D eigenvalue weighted by atomic mass is 9.83. The maximum absolute atomic E-state index is 12.7. The molecule has 0 bridgehead atoms. The summed E-state index contributed by atoms with van der Waals surface area (Å²) in [6.45, 7) is 2.42. The van der Waals surface area contributed by atoms with Crippen LogP contribution in [0.5, 0.6) is 0 Å². The molecule has 21 heavy (non-hydrogen) atoms. The standard InChI is InChI=1S/C13H13BrCl2N2O2S/c1-13(8-17)2-4-18(5-3-13)21(19,20)12-10(15)6-9(14)7-11(12)16/h6-7H,2-5H2,1H3. The van der Waals surface area contributed by atoms with E-state index in [1.54, 1.807) is 0 Å². The first-order chi connectivity index (χ1) is 9.69. The van der Waals surface area contributed by atoms with Gasteiger partial charge in [-0.15, -0.1) is 0 Å². The topological polar surface area (TPSA) is 61.2 Å². The van der Waals surface area contributed by atoms with Crippen molar-refractivity contribution in [1.82, 2.24) is 4.31 Å². The van der Waals surface area contributed by atoms with Crippen molar-refractivity contribution in [2.24, 2.45) is 5.41 Å². The van der Waals surface area contributed by atoms with E-state index in [0.717, 1.165) is 0 Å². The van der Waals surface area contributed by atoms with Crippen LogP contribution in [0.2, 0.25) is 10.0 Å². The molecule has 1 aliphatic heterocycles. The van der Waals surface area contributed by atoms with Crippen LogP contribution in [0.25, 0.3) is 0 Å². The molecule has 0 amide bonds. The molecule has 1 aliphatic rings. The number of rotatable bonds is 2. The SMILES string of the molecule is CC1(C#N)CCN(S(=O)(=O)c2c(Cl)cc(Br)cc2Cl)CC1. The summed E-state index contributed by atoms with van der Waals surface area (Å²) >= 11 is 15.3. The molecule has 0 saturated carbocycles. The first-order valence-corrected chi connectivity index (χ1v) is 9.24. The summed E-state index contributed by atoms with van der Waals surface area (Å²) in [6.07, 6.45) is 0.989. The Labute approximate surface area is 142 Å². The van der Waals surface area contributed by atoms with Crippen LogP contribution in [0, 0.1) is 16.7 Å². The highest BCUT2D eigenvalue weighted by atomic mass is 79.9. The number of sulfonamides is 1. The summed E-state index contributed by atoms with van der Waals surface area (Å²) in [5, 5.41) is 9.28. The van der Waals surface area contributed by atoms with Gasteiger partial charge in [0.2, 0.25) is 10.0 Å². The smallest absolute Gasteiger partial charge is 0.207 e. The fourth-order valence-electron chi connectivity index (χ4n) is 2.24. The molecule has 1 fully saturated rings. The zero-order valence-electron chi connectivity index (χ0n) is 11.2. The van der Waals surface area contributed by atoms with Crippen molar-refractivity contribution in [2.45, 2.75) is 24.7 Å². The fraction of sp³-hybridized carbons (Fsp3) is 0.462. The van der Waals surface area contributed by atoms with E-state index >= 15 is 0 Å². The van der Waals surface area contributed by atoms with Crippen LogP contribution in [-0.2, 0) is 10.0 Å². The van der Waals surface area contributed by atoms with Crippen molar-refractivity contribution in [3.05, 3.63) is 26.7 Å². The quantitative estimate of drug-likeness (QED) is 0.736. The summed E-state index contributed by atoms with van der Waals surface area (Å²) in [5.74, 6) is 0. The predicted molar refractivity (Wildman–Crippen MR) is 85.9 cm³/mol. The van der Waals surface area contributed by atoms with Crippen molar-refractivity contribution < 1.29 is 8.42 Å². The third-order valence-electron chi connectivity index (χ3n) is 3.66. The van der Waals surface area contributed by atoms with E-state index in [0.29, 0.717) is 17.3 Å². The van der Waals surface area contributed by atoms with Gasteiger partial charge in [-0.3, -0.25) is 0 Å². The molecule has 0 unspecified atom stereocenters. The Bertz CT molecular complexity index is 684. The van der Waals surface area contributed by atoms with E-state index in [9.17, 15) is 8.42 Å². The number of hydrogen-bond acceptors (Lipinski definition) is 3. The average molecular weight is 412 g/mol. The molecule has 8 heteroatoms. The third kappa shape index (κ3) is 3.38. The molecule has 1 saturated heterocycles. The van der Waals surface area contributed by atoms with Gasteiger partial charge in [0.15, 0.2) is 0 Å². The first kappa shape index (κ1) is 17.0. The second-order valence-electron chi connectivity index (χ2n) is 5.28. The van der Waals surface area contributed by atoms with Crippen molar-refractivity contribution >= 4 is 49.2 Å². The van der Waals surface area contributed by atoms with Gasteiger partial charge in [-0.25, -0.2) is 8.42 Å². The number of piperidine rings is 1. The van der Waals surface area contributed by atoms with Crippen LogP contribution in [0.15, 0.2) is 21.5 Å². The summed E-state index contributed by atoms with van der Waals surface area (Å²) in [7, 11) is -3.76. The van der Waals surface area contributed by atoms with Crippen LogP contribution in [0.1, 0.15) is 19.8 Å². The second-order valence-corrected chi connectivity index (χ2v) is 8.88. The molecule has 0 spiro atoms. The minimum absolute atomic E-state index is 0.0744. The van der Waals surface area contributed by atoms with Gasteiger partial charge in [0.05, 0.1) is 21.5 Å². The van der Waals surface area contributed by atoms with Crippen LogP contribution < -0.4 is 0 Å². The van der Waals surface area contributed by atoms with Gasteiger partial charge in [-0.05, 0) is 31.9 Å². The predicted octanol–water partition coefficient (Wildman–Crippen LogP) is 4.07. The average Bonchev–Trinajstić information content (AvgIpc) is 2.37. The van der Waals surface area contributed by atoms with Crippen molar-refractivity contribution in [1.29, 1.82) is 5.26 Å². The number of nitriles is 1. The Hall–Kier alpha value is -0.320. The maximum atomic E-state index is 12.7. The lowest BCUT2D eigenvalue weighted by Gasteiger charge is -2.34. The van der Waals surface area contributed by atoms with E-state index < -0.39 is 15.4 Å². The lowest BCUT2D eigenvalue weighted by Crippen LogP contribution is -2.41. The third-order valence-corrected chi connectivity index (χ3v) is 6.94. The Morgan fingerprint density at radius 2 is 1.76 bits per heavy atom. The molecule has 4 nitrogen and oxygen atoms in total. The lowest BCUT2D eigenvalue weighted by molar-refractivity contribution is 0.232. The Balaban J connectivity index is 2.35. The zero-order valence-corrected chi connectivity index (χ0v) is 15.2. The molecular formula is C13H13BrCl2N2O2S. The second kappa shape index (κ2) is 6.05. The minimum Gasteiger partial charge on any atom is -0.207 e. The van der Waals surface area contributed by atoms with Crippen molar-refractivity contribution in [3.8, 4) is 6.07 Å². The van der Waals surface area contributed by atoms with Crippen LogP contribution in [0.4, 0.5) is 0 Å². The van der Waals surface area contributed by atoms with E-state index in [2.05, 4.69) is 22.0 Å². The minimum atomic E-state index is -3.76. The molecule has 114 valence electrons. The van der Waals surface area contributed by atoms with Gasteiger partial charge in [0, 0.05) is 17.6 Å². The Kier molecular flexibility index (Phi) is 4.91. The van der Waals surface area contributed by atoms with Gasteiger partial charge in [0.1, 0.15) is 4.90 Å². The van der Waals surface area contributed by atoms with Crippen LogP contribution in [0.3, 0.4) is 0 Å². The zero-order chi connectivity index (χ0) is 15.8. The number of halogens is 3. The van der Waals surface area contributed by atoms with Crippen molar-refractivity contribution in [3.63, 3.8) is 0 Å². The number of benzene rings is 1. The summed E-state index contributed by atoms with van der Waals surface area (Å²) in [5.41, 5.74) is -0.473. The molecule has 0 aliphatic carbocycles. The molecule has 1 heterocycles. The molecule has 1 aromatic carbocycles. The Morgan fingerprint density at radius 1 is 1.29 bits per heavy atom. The highest BCUT2D eigenvalue weighted by Crippen LogP contribution is 2.37. The molecule has 0 radical (unpaired) electrons. The van der Waals surface area contributed by atoms with Crippen LogP contribution >= 0.6 is 39.1 Å². The number of hydrogen-bond donors (Lipinski definition) is 0. The number of nitrogens with zero attached hydrogens (tertiary/aromatic N) is 2. The van der Waals surface area contributed by atoms with E-state index in [1.165, 1.54) is 16.4 Å². The normalized spacial score (nSPS) is 19.2. The molecule has 0 atom stereocenters. The molecule has 0 aromatic heterocycles. The highest BCUT2D eigenvalue weighted by molar-refractivity contribution is 9.10. The molecule has 2 rings (SSSR count). The summed E-state index contributed by atoms with van der Waals surface area (Å²) < 4.78 is 27.4. The first-order valence-electron chi connectivity index (χ1n) is 6.25. The van der Waals surface area contributed by atoms with E-state index in [4.69, 9.17) is 28.5 Å². The van der Waals surface area contributed by atoms with Gasteiger partial charge in [0.25, 0.3) is 0 Å². The Morgan fingerprint density at radius 3 is 2.19 bits per heavy atom. The largest absolute Gasteiger partial charge is 0.246 e. The van der Waals surface area contributed by atoms with Gasteiger partial charge < -0.3 is 0 Å². The molecular weight excluding hydrogens is 399 g/mol. The van der Waals surface area contributed by atoms with Gasteiger partial charge in [-0.1, -0.05) is 39.1 Å². The fourth-order valence-corrected chi connectivity index (χ4v) is 5.56. The maximum Gasteiger partial charge on any atom is 0.246 e. The van der Waals surface area contributed by atoms with Gasteiger partial charge in [-0.2, -0.15) is 9.57 Å². The monoisotopic (exact) mass is 410 g/mol. The van der Waals surface area contributed by atoms with Gasteiger partial charge >= 0.3 is 0 Å². The van der Waals surface area contributed by atoms with E-state index in [-0.39, 0.29) is 28.0 Å². The van der Waals surface area contributed by atoms with E-state index in [1.807, 2.05) is 6.92 Å². The van der Waals surface area contributed by atoms with Crippen molar-refractivity contribution in [2.75, 3.05) is 13.1 Å².